The Morgan fingerprint density at radius 1 is 1.46 bits per heavy atom. The van der Waals surface area contributed by atoms with Crippen molar-refractivity contribution in [2.75, 3.05) is 6.26 Å². The number of nitrogens with two attached hydrogens (primary N) is 1. The van der Waals surface area contributed by atoms with Crippen molar-refractivity contribution in [3.05, 3.63) is 18.2 Å². The maximum atomic E-state index is 10.8. The summed E-state index contributed by atoms with van der Waals surface area (Å²) in [5.41, 5.74) is 0. The second kappa shape index (κ2) is 3.57. The molecule has 0 aliphatic heterocycles. The van der Waals surface area contributed by atoms with Gasteiger partial charge in [-0.15, -0.1) is 11.8 Å². The highest BCUT2D eigenvalue weighted by atomic mass is 32.2. The number of thioether (sulfide) groups is 1. The third-order valence-corrected chi connectivity index (χ3v) is 3.17. The molecule has 3 N–H and O–H groups in total. The van der Waals surface area contributed by atoms with Crippen LogP contribution in [0.2, 0.25) is 0 Å². The number of rotatable bonds is 2. The van der Waals surface area contributed by atoms with E-state index in [1.807, 2.05) is 0 Å². The van der Waals surface area contributed by atoms with Crippen molar-refractivity contribution in [2.24, 2.45) is 5.14 Å². The van der Waals surface area contributed by atoms with Crippen molar-refractivity contribution in [1.29, 1.82) is 0 Å². The van der Waals surface area contributed by atoms with Gasteiger partial charge in [-0.2, -0.15) is 0 Å². The number of sulfonamides is 1. The Bertz CT molecular complexity index is 414. The van der Waals surface area contributed by atoms with Gasteiger partial charge in [0.25, 0.3) is 0 Å². The summed E-state index contributed by atoms with van der Waals surface area (Å²) in [6.07, 6.45) is 1.78. The number of hydrogen-bond donors (Lipinski definition) is 2. The molecule has 0 amide bonds. The molecule has 1 rings (SSSR count). The van der Waals surface area contributed by atoms with Crippen LogP contribution in [0.25, 0.3) is 0 Å². The second-order valence-corrected chi connectivity index (χ2v) is 4.79. The summed E-state index contributed by atoms with van der Waals surface area (Å²) in [7, 11) is -3.72. The predicted octanol–water partition coefficient (Wildman–Crippen LogP) is 0.762. The van der Waals surface area contributed by atoms with Crippen LogP contribution in [0.3, 0.4) is 0 Å². The predicted molar refractivity (Wildman–Crippen MR) is 51.3 cm³/mol. The van der Waals surface area contributed by atoms with E-state index >= 15 is 0 Å². The zero-order valence-corrected chi connectivity index (χ0v) is 8.52. The van der Waals surface area contributed by atoms with E-state index < -0.39 is 10.0 Å². The monoisotopic (exact) mass is 219 g/mol. The van der Waals surface area contributed by atoms with Crippen LogP contribution in [-0.4, -0.2) is 19.8 Å². The third kappa shape index (κ3) is 2.36. The van der Waals surface area contributed by atoms with Gasteiger partial charge in [-0.3, -0.25) is 0 Å². The van der Waals surface area contributed by atoms with Crippen molar-refractivity contribution in [3.63, 3.8) is 0 Å². The van der Waals surface area contributed by atoms with Gasteiger partial charge >= 0.3 is 0 Å². The highest BCUT2D eigenvalue weighted by Gasteiger charge is 2.09. The first-order valence-electron chi connectivity index (χ1n) is 3.35. The van der Waals surface area contributed by atoms with E-state index in [4.69, 9.17) is 5.14 Å². The molecule has 1 aromatic carbocycles. The zero-order valence-electron chi connectivity index (χ0n) is 6.89. The molecule has 13 heavy (non-hydrogen) atoms. The Kier molecular flexibility index (Phi) is 2.84. The number of benzene rings is 1. The number of aromatic hydroxyl groups is 1. The summed E-state index contributed by atoms with van der Waals surface area (Å²) in [5, 5.41) is 14.2. The number of hydrogen-bond acceptors (Lipinski definition) is 4. The fourth-order valence-corrected chi connectivity index (χ4v) is 1.85. The molecule has 0 bridgehead atoms. The Balaban J connectivity index is 3.26. The van der Waals surface area contributed by atoms with Crippen molar-refractivity contribution in [1.82, 2.24) is 0 Å². The van der Waals surface area contributed by atoms with Crippen molar-refractivity contribution < 1.29 is 13.5 Å². The molecule has 4 nitrogen and oxygen atoms in total. The largest absolute Gasteiger partial charge is 0.507 e. The molecule has 0 aliphatic carbocycles. The van der Waals surface area contributed by atoms with Gasteiger partial charge in [-0.05, 0) is 18.4 Å². The maximum absolute atomic E-state index is 10.8. The molecule has 0 aliphatic rings. The van der Waals surface area contributed by atoms with Crippen molar-refractivity contribution >= 4 is 21.8 Å². The standard InChI is InChI=1S/C7H9NO3S2/c1-12-7-3-2-5(4-6(7)9)13(8,10)11/h2-4,9H,1H3,(H2,8,10,11). The average Bonchev–Trinajstić information content (AvgIpc) is 2.02. The Morgan fingerprint density at radius 3 is 2.46 bits per heavy atom. The highest BCUT2D eigenvalue weighted by Crippen LogP contribution is 2.28. The van der Waals surface area contributed by atoms with E-state index in [2.05, 4.69) is 0 Å². The van der Waals surface area contributed by atoms with E-state index in [0.717, 1.165) is 6.07 Å². The van der Waals surface area contributed by atoms with Crippen LogP contribution in [-0.2, 0) is 10.0 Å². The van der Waals surface area contributed by atoms with E-state index in [9.17, 15) is 13.5 Å². The summed E-state index contributed by atoms with van der Waals surface area (Å²) in [4.78, 5) is 0.537. The third-order valence-electron chi connectivity index (χ3n) is 1.48. The van der Waals surface area contributed by atoms with E-state index in [1.165, 1.54) is 23.9 Å². The quantitative estimate of drug-likeness (QED) is 0.720. The summed E-state index contributed by atoms with van der Waals surface area (Å²) in [6.45, 7) is 0. The lowest BCUT2D eigenvalue weighted by atomic mass is 10.3. The molecule has 1 aromatic rings. The Morgan fingerprint density at radius 2 is 2.08 bits per heavy atom. The lowest BCUT2D eigenvalue weighted by Crippen LogP contribution is -2.11. The molecule has 72 valence electrons. The SMILES string of the molecule is CSc1ccc(S(N)(=O)=O)cc1O. The number of primary sulfonamides is 1. The maximum Gasteiger partial charge on any atom is 0.238 e. The molecule has 0 saturated heterocycles. The molecule has 0 atom stereocenters. The molecular weight excluding hydrogens is 210 g/mol. The first-order valence-corrected chi connectivity index (χ1v) is 6.12. The molecule has 6 heteroatoms. The summed E-state index contributed by atoms with van der Waals surface area (Å²) in [5.74, 6) is -0.0703. The average molecular weight is 219 g/mol. The van der Waals surface area contributed by atoms with Crippen LogP contribution in [0.4, 0.5) is 0 Å². The van der Waals surface area contributed by atoms with Gasteiger partial charge in [0.1, 0.15) is 5.75 Å². The summed E-state index contributed by atoms with van der Waals surface area (Å²) >= 11 is 1.33. The smallest absolute Gasteiger partial charge is 0.238 e. The normalized spacial score (nSPS) is 11.5. The molecule has 0 saturated carbocycles. The molecule has 0 fully saturated rings. The van der Waals surface area contributed by atoms with Crippen LogP contribution in [0.15, 0.2) is 28.0 Å². The minimum atomic E-state index is -3.72. The van der Waals surface area contributed by atoms with Gasteiger partial charge in [-0.1, -0.05) is 0 Å². The van der Waals surface area contributed by atoms with Gasteiger partial charge in [0.15, 0.2) is 0 Å². The van der Waals surface area contributed by atoms with Crippen LogP contribution >= 0.6 is 11.8 Å². The van der Waals surface area contributed by atoms with Gasteiger partial charge in [0.05, 0.1) is 4.90 Å². The van der Waals surface area contributed by atoms with Crippen LogP contribution in [0, 0.1) is 0 Å². The highest BCUT2D eigenvalue weighted by molar-refractivity contribution is 7.98. The Labute approximate surface area is 80.8 Å². The van der Waals surface area contributed by atoms with E-state index in [-0.39, 0.29) is 10.6 Å². The van der Waals surface area contributed by atoms with Gasteiger partial charge in [0.2, 0.25) is 10.0 Å². The van der Waals surface area contributed by atoms with E-state index in [1.54, 1.807) is 6.26 Å². The first kappa shape index (κ1) is 10.4. The summed E-state index contributed by atoms with van der Waals surface area (Å²) < 4.78 is 21.7. The van der Waals surface area contributed by atoms with Gasteiger partial charge in [0, 0.05) is 11.0 Å². The van der Waals surface area contributed by atoms with Gasteiger partial charge < -0.3 is 5.11 Å². The molecule has 0 aromatic heterocycles. The van der Waals surface area contributed by atoms with Crippen LogP contribution in [0.1, 0.15) is 0 Å². The van der Waals surface area contributed by atoms with Crippen LogP contribution in [0.5, 0.6) is 5.75 Å². The Hall–Kier alpha value is -0.720. The molecule has 0 radical (unpaired) electrons. The topological polar surface area (TPSA) is 80.4 Å². The molecule has 0 unspecified atom stereocenters. The second-order valence-electron chi connectivity index (χ2n) is 2.38. The lowest BCUT2D eigenvalue weighted by molar-refractivity contribution is 0.460. The minimum absolute atomic E-state index is 0.0703. The molecule has 0 heterocycles. The van der Waals surface area contributed by atoms with Crippen LogP contribution < -0.4 is 5.14 Å². The fraction of sp³-hybridized carbons (Fsp3) is 0.143. The van der Waals surface area contributed by atoms with Crippen molar-refractivity contribution in [2.45, 2.75) is 9.79 Å². The minimum Gasteiger partial charge on any atom is -0.507 e. The summed E-state index contributed by atoms with van der Waals surface area (Å²) in [6, 6.07) is 4.02. The number of phenolic OH excluding ortho intramolecular Hbond substituents is 1. The van der Waals surface area contributed by atoms with Gasteiger partial charge in [-0.25, -0.2) is 13.6 Å². The van der Waals surface area contributed by atoms with E-state index in [0.29, 0.717) is 4.90 Å². The van der Waals surface area contributed by atoms with Crippen molar-refractivity contribution in [3.8, 4) is 5.75 Å². The molecule has 0 spiro atoms. The zero-order chi connectivity index (χ0) is 10.1. The fourth-order valence-electron chi connectivity index (χ4n) is 0.847. The first-order chi connectivity index (χ1) is 5.95. The molecular formula is C7H9NO3S2. The lowest BCUT2D eigenvalue weighted by Gasteiger charge is -2.02. The number of phenols is 1.